The SMILES string of the molecule is Cc1nc2c([nH]1)CN(C(=O)CN)CC2. The second-order valence-corrected chi connectivity index (χ2v) is 3.52. The largest absolute Gasteiger partial charge is 0.344 e. The molecule has 5 heteroatoms. The average Bonchev–Trinajstić information content (AvgIpc) is 2.55. The summed E-state index contributed by atoms with van der Waals surface area (Å²) in [5.41, 5.74) is 7.45. The number of amides is 1. The zero-order valence-corrected chi connectivity index (χ0v) is 8.21. The van der Waals surface area contributed by atoms with Crippen LogP contribution in [0.15, 0.2) is 0 Å². The Kier molecular flexibility index (Phi) is 2.25. The number of H-pyrrole nitrogens is 1. The van der Waals surface area contributed by atoms with Gasteiger partial charge in [-0.3, -0.25) is 4.79 Å². The summed E-state index contributed by atoms with van der Waals surface area (Å²) >= 11 is 0. The molecule has 0 saturated carbocycles. The molecule has 1 aromatic heterocycles. The predicted octanol–water partition coefficient (Wildman–Crippen LogP) is -0.438. The van der Waals surface area contributed by atoms with Crippen molar-refractivity contribution in [1.82, 2.24) is 14.9 Å². The van der Waals surface area contributed by atoms with Gasteiger partial charge in [-0.15, -0.1) is 0 Å². The molecular weight excluding hydrogens is 180 g/mol. The zero-order chi connectivity index (χ0) is 10.1. The minimum absolute atomic E-state index is 0.00269. The molecule has 0 atom stereocenters. The minimum Gasteiger partial charge on any atom is -0.344 e. The van der Waals surface area contributed by atoms with E-state index in [9.17, 15) is 4.79 Å². The predicted molar refractivity (Wildman–Crippen MR) is 51.5 cm³/mol. The second-order valence-electron chi connectivity index (χ2n) is 3.52. The molecule has 3 N–H and O–H groups in total. The number of imidazole rings is 1. The van der Waals surface area contributed by atoms with Gasteiger partial charge in [-0.2, -0.15) is 0 Å². The van der Waals surface area contributed by atoms with Gasteiger partial charge in [0.1, 0.15) is 5.82 Å². The number of aryl methyl sites for hydroxylation is 1. The maximum Gasteiger partial charge on any atom is 0.236 e. The molecule has 14 heavy (non-hydrogen) atoms. The van der Waals surface area contributed by atoms with Gasteiger partial charge in [-0.05, 0) is 6.92 Å². The van der Waals surface area contributed by atoms with E-state index in [1.54, 1.807) is 4.90 Å². The lowest BCUT2D eigenvalue weighted by molar-refractivity contribution is -0.130. The van der Waals surface area contributed by atoms with Gasteiger partial charge in [-0.1, -0.05) is 0 Å². The highest BCUT2D eigenvalue weighted by atomic mass is 16.2. The van der Waals surface area contributed by atoms with Crippen molar-refractivity contribution in [2.75, 3.05) is 13.1 Å². The van der Waals surface area contributed by atoms with Crippen molar-refractivity contribution in [3.63, 3.8) is 0 Å². The first-order valence-electron chi connectivity index (χ1n) is 4.73. The van der Waals surface area contributed by atoms with Gasteiger partial charge in [0.25, 0.3) is 0 Å². The summed E-state index contributed by atoms with van der Waals surface area (Å²) in [5.74, 6) is 0.917. The number of carbonyl (C=O) groups excluding carboxylic acids is 1. The van der Waals surface area contributed by atoms with E-state index >= 15 is 0 Å². The Morgan fingerprint density at radius 3 is 3.21 bits per heavy atom. The Hall–Kier alpha value is -1.36. The van der Waals surface area contributed by atoms with Gasteiger partial charge in [0.05, 0.1) is 24.5 Å². The Labute approximate surface area is 82.3 Å². The van der Waals surface area contributed by atoms with Gasteiger partial charge in [0, 0.05) is 13.0 Å². The Morgan fingerprint density at radius 1 is 1.71 bits per heavy atom. The van der Waals surface area contributed by atoms with E-state index in [4.69, 9.17) is 5.73 Å². The molecular formula is C9H14N4O. The van der Waals surface area contributed by atoms with Crippen LogP contribution in [0.2, 0.25) is 0 Å². The van der Waals surface area contributed by atoms with Crippen LogP contribution in [-0.4, -0.2) is 33.9 Å². The number of hydrogen-bond acceptors (Lipinski definition) is 3. The van der Waals surface area contributed by atoms with Crippen LogP contribution >= 0.6 is 0 Å². The van der Waals surface area contributed by atoms with E-state index in [0.717, 1.165) is 30.2 Å². The van der Waals surface area contributed by atoms with Crippen LogP contribution in [0.3, 0.4) is 0 Å². The van der Waals surface area contributed by atoms with Crippen molar-refractivity contribution in [2.24, 2.45) is 5.73 Å². The molecule has 76 valence electrons. The fraction of sp³-hybridized carbons (Fsp3) is 0.556. The molecule has 2 rings (SSSR count). The molecule has 0 unspecified atom stereocenters. The summed E-state index contributed by atoms with van der Waals surface area (Å²) in [4.78, 5) is 20.6. The highest BCUT2D eigenvalue weighted by Gasteiger charge is 2.21. The molecule has 0 bridgehead atoms. The van der Waals surface area contributed by atoms with Crippen molar-refractivity contribution in [3.8, 4) is 0 Å². The van der Waals surface area contributed by atoms with Crippen LogP contribution in [0.4, 0.5) is 0 Å². The van der Waals surface area contributed by atoms with E-state index in [-0.39, 0.29) is 12.5 Å². The van der Waals surface area contributed by atoms with Crippen LogP contribution in [0, 0.1) is 6.92 Å². The smallest absolute Gasteiger partial charge is 0.236 e. The van der Waals surface area contributed by atoms with Crippen LogP contribution in [0.1, 0.15) is 17.2 Å². The van der Waals surface area contributed by atoms with Gasteiger partial charge in [-0.25, -0.2) is 4.98 Å². The molecule has 0 radical (unpaired) electrons. The number of aromatic nitrogens is 2. The van der Waals surface area contributed by atoms with Crippen molar-refractivity contribution in [2.45, 2.75) is 19.9 Å². The monoisotopic (exact) mass is 194 g/mol. The van der Waals surface area contributed by atoms with E-state index in [1.807, 2.05) is 6.92 Å². The Morgan fingerprint density at radius 2 is 2.50 bits per heavy atom. The van der Waals surface area contributed by atoms with Crippen LogP contribution in [0.25, 0.3) is 0 Å². The third-order valence-electron chi connectivity index (χ3n) is 2.48. The summed E-state index contributed by atoms with van der Waals surface area (Å²) in [7, 11) is 0. The van der Waals surface area contributed by atoms with Crippen molar-refractivity contribution < 1.29 is 4.79 Å². The Balaban J connectivity index is 2.16. The number of hydrogen-bond donors (Lipinski definition) is 2. The number of nitrogens with zero attached hydrogens (tertiary/aromatic N) is 2. The third-order valence-corrected chi connectivity index (χ3v) is 2.48. The lowest BCUT2D eigenvalue weighted by atomic mass is 10.1. The molecule has 0 fully saturated rings. The second kappa shape index (κ2) is 3.42. The quantitative estimate of drug-likeness (QED) is 0.636. The van der Waals surface area contributed by atoms with E-state index in [2.05, 4.69) is 9.97 Å². The van der Waals surface area contributed by atoms with Crippen molar-refractivity contribution >= 4 is 5.91 Å². The molecule has 2 heterocycles. The topological polar surface area (TPSA) is 75.0 Å². The number of nitrogens with two attached hydrogens (primary N) is 1. The Bertz CT molecular complexity index is 358. The summed E-state index contributed by atoms with van der Waals surface area (Å²) in [6, 6.07) is 0. The zero-order valence-electron chi connectivity index (χ0n) is 8.21. The fourth-order valence-corrected chi connectivity index (χ4v) is 1.78. The van der Waals surface area contributed by atoms with Crippen molar-refractivity contribution in [3.05, 3.63) is 17.2 Å². The van der Waals surface area contributed by atoms with Crippen LogP contribution in [-0.2, 0) is 17.8 Å². The van der Waals surface area contributed by atoms with Crippen LogP contribution in [0.5, 0.6) is 0 Å². The highest BCUT2D eigenvalue weighted by Crippen LogP contribution is 2.15. The fourth-order valence-electron chi connectivity index (χ4n) is 1.78. The number of rotatable bonds is 1. The number of aromatic amines is 1. The average molecular weight is 194 g/mol. The molecule has 1 aliphatic rings. The van der Waals surface area contributed by atoms with Gasteiger partial charge in [0.15, 0.2) is 0 Å². The first kappa shape index (κ1) is 9.21. The molecule has 1 aliphatic heterocycles. The first-order valence-corrected chi connectivity index (χ1v) is 4.73. The van der Waals surface area contributed by atoms with Crippen LogP contribution < -0.4 is 5.73 Å². The maximum atomic E-state index is 11.4. The molecule has 0 spiro atoms. The van der Waals surface area contributed by atoms with Gasteiger partial charge in [0.2, 0.25) is 5.91 Å². The normalized spacial score (nSPS) is 15.4. The minimum atomic E-state index is 0.00269. The van der Waals surface area contributed by atoms with Crippen molar-refractivity contribution in [1.29, 1.82) is 0 Å². The maximum absolute atomic E-state index is 11.4. The van der Waals surface area contributed by atoms with Gasteiger partial charge < -0.3 is 15.6 Å². The lowest BCUT2D eigenvalue weighted by Crippen LogP contribution is -2.39. The molecule has 1 amide bonds. The third kappa shape index (κ3) is 1.50. The lowest BCUT2D eigenvalue weighted by Gasteiger charge is -2.25. The molecule has 0 saturated heterocycles. The summed E-state index contributed by atoms with van der Waals surface area (Å²) < 4.78 is 0. The van der Waals surface area contributed by atoms with E-state index in [1.165, 1.54) is 0 Å². The molecule has 1 aromatic rings. The molecule has 0 aliphatic carbocycles. The van der Waals surface area contributed by atoms with Gasteiger partial charge >= 0.3 is 0 Å². The number of nitrogens with one attached hydrogen (secondary N) is 1. The number of carbonyl (C=O) groups is 1. The summed E-state index contributed by atoms with van der Waals surface area (Å²) in [6.45, 7) is 3.36. The summed E-state index contributed by atoms with van der Waals surface area (Å²) in [5, 5.41) is 0. The molecule has 0 aromatic carbocycles. The molecule has 5 nitrogen and oxygen atoms in total. The number of fused-ring (bicyclic) bond motifs is 1. The van der Waals surface area contributed by atoms with E-state index in [0.29, 0.717) is 6.54 Å². The standard InChI is InChI=1S/C9H14N4O/c1-6-11-7-2-3-13(9(14)4-10)5-8(7)12-6/h2-5,10H2,1H3,(H,11,12). The highest BCUT2D eigenvalue weighted by molar-refractivity contribution is 5.78. The summed E-state index contributed by atoms with van der Waals surface area (Å²) in [6.07, 6.45) is 0.825. The van der Waals surface area contributed by atoms with E-state index < -0.39 is 0 Å². The first-order chi connectivity index (χ1) is 6.70.